The largest absolute Gasteiger partial charge is 0.480 e. The summed E-state index contributed by atoms with van der Waals surface area (Å²) < 4.78 is 6.57. The summed E-state index contributed by atoms with van der Waals surface area (Å²) in [7, 11) is 0. The molecule has 0 saturated heterocycles. The first-order valence-corrected chi connectivity index (χ1v) is 7.74. The Morgan fingerprint density at radius 2 is 2.08 bits per heavy atom. The van der Waals surface area contributed by atoms with Gasteiger partial charge in [-0.05, 0) is 12.5 Å². The molecular formula is C16H18ClN3O4. The highest BCUT2D eigenvalue weighted by Crippen LogP contribution is 2.20. The molecule has 7 nitrogen and oxygen atoms in total. The number of ether oxygens (including phenoxy) is 1. The van der Waals surface area contributed by atoms with Gasteiger partial charge in [-0.1, -0.05) is 41.9 Å². The maximum absolute atomic E-state index is 12.3. The lowest BCUT2D eigenvalue weighted by molar-refractivity contribution is -0.135. The first-order chi connectivity index (χ1) is 11.5. The van der Waals surface area contributed by atoms with Crippen molar-refractivity contribution in [3.63, 3.8) is 0 Å². The van der Waals surface area contributed by atoms with E-state index in [0.29, 0.717) is 18.8 Å². The Labute approximate surface area is 144 Å². The van der Waals surface area contributed by atoms with E-state index in [-0.39, 0.29) is 18.3 Å². The average molecular weight is 352 g/mol. The van der Waals surface area contributed by atoms with Crippen LogP contribution in [-0.4, -0.2) is 33.9 Å². The van der Waals surface area contributed by atoms with Crippen LogP contribution >= 0.6 is 11.6 Å². The Morgan fingerprint density at radius 1 is 1.38 bits per heavy atom. The standard InChI is InChI=1S/C16H18ClN3O4/c1-2-19(9-14(21)22)13-8-18-20(16(23)15(13)17)11-24-10-12-6-4-3-5-7-12/h3-8H,2,9-11H2,1H3,(H,21,22). The smallest absolute Gasteiger partial charge is 0.323 e. The molecule has 1 heterocycles. The number of anilines is 1. The van der Waals surface area contributed by atoms with E-state index in [2.05, 4.69) is 5.10 Å². The van der Waals surface area contributed by atoms with Gasteiger partial charge in [-0.25, -0.2) is 4.68 Å². The molecule has 0 spiro atoms. The number of hydrogen-bond acceptors (Lipinski definition) is 5. The van der Waals surface area contributed by atoms with E-state index in [4.69, 9.17) is 21.4 Å². The normalized spacial score (nSPS) is 10.6. The first-order valence-electron chi connectivity index (χ1n) is 7.37. The molecule has 0 amide bonds. The minimum absolute atomic E-state index is 0.0429. The summed E-state index contributed by atoms with van der Waals surface area (Å²) in [5.41, 5.74) is 0.754. The zero-order valence-corrected chi connectivity index (χ0v) is 13.9. The Hall–Kier alpha value is -2.38. The van der Waals surface area contributed by atoms with Gasteiger partial charge in [0.25, 0.3) is 5.56 Å². The van der Waals surface area contributed by atoms with E-state index in [1.54, 1.807) is 6.92 Å². The molecule has 0 aliphatic carbocycles. The Kier molecular flexibility index (Phi) is 6.34. The van der Waals surface area contributed by atoms with Gasteiger partial charge in [0.1, 0.15) is 18.3 Å². The van der Waals surface area contributed by atoms with Gasteiger partial charge >= 0.3 is 5.97 Å². The van der Waals surface area contributed by atoms with E-state index in [0.717, 1.165) is 10.2 Å². The molecule has 128 valence electrons. The fourth-order valence-electron chi connectivity index (χ4n) is 2.12. The van der Waals surface area contributed by atoms with Gasteiger partial charge in [0, 0.05) is 6.54 Å². The van der Waals surface area contributed by atoms with Crippen LogP contribution in [0.5, 0.6) is 0 Å². The lowest BCUT2D eigenvalue weighted by atomic mass is 10.2. The summed E-state index contributed by atoms with van der Waals surface area (Å²) in [6.45, 7) is 2.20. The molecule has 1 aromatic heterocycles. The van der Waals surface area contributed by atoms with Crippen molar-refractivity contribution in [3.8, 4) is 0 Å². The van der Waals surface area contributed by atoms with Gasteiger partial charge in [0.15, 0.2) is 0 Å². The lowest BCUT2D eigenvalue weighted by Gasteiger charge is -2.21. The fraction of sp³-hybridized carbons (Fsp3) is 0.312. The highest BCUT2D eigenvalue weighted by atomic mass is 35.5. The van der Waals surface area contributed by atoms with Gasteiger partial charge < -0.3 is 14.7 Å². The number of aliphatic carboxylic acids is 1. The fourth-order valence-corrected chi connectivity index (χ4v) is 2.39. The maximum Gasteiger partial charge on any atom is 0.323 e. The summed E-state index contributed by atoms with van der Waals surface area (Å²) in [5, 5.41) is 12.8. The Balaban J connectivity index is 2.09. The molecule has 8 heteroatoms. The van der Waals surface area contributed by atoms with Crippen molar-refractivity contribution in [2.24, 2.45) is 0 Å². The predicted molar refractivity (Wildman–Crippen MR) is 90.3 cm³/mol. The lowest BCUT2D eigenvalue weighted by Crippen LogP contribution is -2.33. The van der Waals surface area contributed by atoms with Crippen molar-refractivity contribution in [1.29, 1.82) is 0 Å². The quantitative estimate of drug-likeness (QED) is 0.782. The van der Waals surface area contributed by atoms with Crippen molar-refractivity contribution < 1.29 is 14.6 Å². The molecule has 0 aliphatic heterocycles. The van der Waals surface area contributed by atoms with E-state index in [1.165, 1.54) is 11.1 Å². The van der Waals surface area contributed by atoms with E-state index in [1.807, 2.05) is 30.3 Å². The number of carboxylic acids is 1. The van der Waals surface area contributed by atoms with Crippen molar-refractivity contribution >= 4 is 23.3 Å². The number of halogens is 1. The van der Waals surface area contributed by atoms with Crippen LogP contribution in [0.4, 0.5) is 5.69 Å². The number of carboxylic acid groups (broad SMARTS) is 1. The summed E-state index contributed by atoms with van der Waals surface area (Å²) in [5.74, 6) is -1.01. The molecule has 1 aromatic carbocycles. The number of likely N-dealkylation sites (N-methyl/N-ethyl adjacent to an activating group) is 1. The maximum atomic E-state index is 12.3. The number of hydrogen-bond donors (Lipinski definition) is 1. The molecule has 1 N–H and O–H groups in total. The topological polar surface area (TPSA) is 84.7 Å². The molecule has 24 heavy (non-hydrogen) atoms. The molecule has 2 aromatic rings. The van der Waals surface area contributed by atoms with Gasteiger partial charge in [0.2, 0.25) is 0 Å². The summed E-state index contributed by atoms with van der Waals surface area (Å²) in [6, 6.07) is 9.53. The van der Waals surface area contributed by atoms with Crippen LogP contribution in [0.1, 0.15) is 12.5 Å². The van der Waals surface area contributed by atoms with Crippen LogP contribution < -0.4 is 10.5 Å². The molecule has 0 bridgehead atoms. The number of rotatable bonds is 8. The van der Waals surface area contributed by atoms with Gasteiger partial charge in [-0.2, -0.15) is 5.10 Å². The third-order valence-corrected chi connectivity index (χ3v) is 3.70. The number of carbonyl (C=O) groups is 1. The third kappa shape index (κ3) is 4.56. The second-order valence-electron chi connectivity index (χ2n) is 5.02. The second-order valence-corrected chi connectivity index (χ2v) is 5.40. The van der Waals surface area contributed by atoms with Crippen molar-refractivity contribution in [3.05, 3.63) is 57.5 Å². The van der Waals surface area contributed by atoms with Crippen LogP contribution in [0.25, 0.3) is 0 Å². The van der Waals surface area contributed by atoms with E-state index in [9.17, 15) is 9.59 Å². The molecule has 0 fully saturated rings. The molecule has 2 rings (SSSR count). The highest BCUT2D eigenvalue weighted by molar-refractivity contribution is 6.33. The number of benzene rings is 1. The molecule has 0 unspecified atom stereocenters. The first kappa shape index (κ1) is 18.0. The van der Waals surface area contributed by atoms with Crippen LogP contribution in [0.2, 0.25) is 5.02 Å². The van der Waals surface area contributed by atoms with Crippen LogP contribution in [0, 0.1) is 0 Å². The highest BCUT2D eigenvalue weighted by Gasteiger charge is 2.16. The Bertz CT molecular complexity index is 749. The van der Waals surface area contributed by atoms with Crippen LogP contribution in [0.15, 0.2) is 41.3 Å². The minimum Gasteiger partial charge on any atom is -0.480 e. The monoisotopic (exact) mass is 351 g/mol. The summed E-state index contributed by atoms with van der Waals surface area (Å²) in [4.78, 5) is 24.6. The van der Waals surface area contributed by atoms with Gasteiger partial charge in [-0.3, -0.25) is 9.59 Å². The summed E-state index contributed by atoms with van der Waals surface area (Å²) >= 11 is 6.09. The Morgan fingerprint density at radius 3 is 2.71 bits per heavy atom. The van der Waals surface area contributed by atoms with Crippen molar-refractivity contribution in [1.82, 2.24) is 9.78 Å². The minimum atomic E-state index is -1.01. The zero-order valence-electron chi connectivity index (χ0n) is 13.2. The van der Waals surface area contributed by atoms with Crippen molar-refractivity contribution in [2.75, 3.05) is 18.0 Å². The van der Waals surface area contributed by atoms with Crippen LogP contribution in [0.3, 0.4) is 0 Å². The average Bonchev–Trinajstić information content (AvgIpc) is 2.58. The zero-order chi connectivity index (χ0) is 17.5. The third-order valence-electron chi connectivity index (χ3n) is 3.34. The number of nitrogens with zero attached hydrogens (tertiary/aromatic N) is 3. The van der Waals surface area contributed by atoms with Gasteiger partial charge in [-0.15, -0.1) is 0 Å². The second kappa shape index (κ2) is 8.47. The predicted octanol–water partition coefficient (Wildman–Crippen LogP) is 1.98. The number of aromatic nitrogens is 2. The molecular weight excluding hydrogens is 334 g/mol. The van der Waals surface area contributed by atoms with Crippen molar-refractivity contribution in [2.45, 2.75) is 20.3 Å². The molecule has 0 atom stereocenters. The summed E-state index contributed by atoms with van der Waals surface area (Å²) in [6.07, 6.45) is 1.38. The SMILES string of the molecule is CCN(CC(=O)O)c1cnn(COCc2ccccc2)c(=O)c1Cl. The van der Waals surface area contributed by atoms with Crippen LogP contribution in [-0.2, 0) is 22.9 Å². The molecule has 0 aliphatic rings. The molecule has 0 saturated carbocycles. The van der Waals surface area contributed by atoms with Gasteiger partial charge in [0.05, 0.1) is 18.5 Å². The molecule has 0 radical (unpaired) electrons. The van der Waals surface area contributed by atoms with E-state index >= 15 is 0 Å². The van der Waals surface area contributed by atoms with E-state index < -0.39 is 11.5 Å².